The molecule has 41 heavy (non-hydrogen) atoms. The summed E-state index contributed by atoms with van der Waals surface area (Å²) in [6, 6.07) is 19.1. The highest BCUT2D eigenvalue weighted by Gasteiger charge is 2.33. The van der Waals surface area contributed by atoms with Gasteiger partial charge in [0.1, 0.15) is 18.3 Å². The van der Waals surface area contributed by atoms with Gasteiger partial charge < -0.3 is 15.0 Å². The Morgan fingerprint density at radius 2 is 1.66 bits per heavy atom. The van der Waals surface area contributed by atoms with Crippen molar-refractivity contribution in [1.82, 2.24) is 10.2 Å². The summed E-state index contributed by atoms with van der Waals surface area (Å²) < 4.78 is 34.1. The monoisotopic (exact) mass is 599 g/mol. The molecule has 0 aliphatic rings. The van der Waals surface area contributed by atoms with Crippen LogP contribution in [0.15, 0.2) is 77.7 Å². The zero-order valence-electron chi connectivity index (χ0n) is 24.1. The first-order valence-electron chi connectivity index (χ1n) is 13.5. The molecule has 1 N–H and O–H groups in total. The fraction of sp³-hybridized carbons (Fsp3) is 0.355. The number of hydrogen-bond acceptors (Lipinski definition) is 5. The van der Waals surface area contributed by atoms with Crippen LogP contribution in [0.1, 0.15) is 38.3 Å². The second-order valence-electron chi connectivity index (χ2n) is 10.2. The quantitative estimate of drug-likeness (QED) is 0.283. The van der Waals surface area contributed by atoms with Gasteiger partial charge in [0.05, 0.1) is 17.7 Å². The van der Waals surface area contributed by atoms with Gasteiger partial charge in [-0.2, -0.15) is 0 Å². The van der Waals surface area contributed by atoms with Crippen molar-refractivity contribution in [3.63, 3.8) is 0 Å². The molecule has 3 aromatic carbocycles. The number of anilines is 1. The van der Waals surface area contributed by atoms with Gasteiger partial charge >= 0.3 is 0 Å². The zero-order valence-corrected chi connectivity index (χ0v) is 25.7. The number of aryl methyl sites for hydroxylation is 1. The Kier molecular flexibility index (Phi) is 11.2. The molecule has 3 rings (SSSR count). The number of rotatable bonds is 13. The first-order chi connectivity index (χ1) is 19.5. The number of ether oxygens (including phenoxy) is 1. The predicted octanol–water partition coefficient (Wildman–Crippen LogP) is 5.43. The molecular formula is C31H38ClN3O5S. The van der Waals surface area contributed by atoms with E-state index in [4.69, 9.17) is 16.3 Å². The fourth-order valence-electron chi connectivity index (χ4n) is 4.27. The van der Waals surface area contributed by atoms with Crippen molar-refractivity contribution < 1.29 is 22.7 Å². The molecule has 0 aliphatic heterocycles. The van der Waals surface area contributed by atoms with E-state index < -0.39 is 28.5 Å². The normalized spacial score (nSPS) is 12.1. The molecule has 8 nitrogen and oxygen atoms in total. The van der Waals surface area contributed by atoms with E-state index in [1.165, 1.54) is 30.2 Å². The number of carbonyl (C=O) groups is 2. The smallest absolute Gasteiger partial charge is 0.264 e. The summed E-state index contributed by atoms with van der Waals surface area (Å²) in [5.74, 6) is -0.0781. The Labute approximate surface area is 248 Å². The Morgan fingerprint density at radius 3 is 2.22 bits per heavy atom. The van der Waals surface area contributed by atoms with E-state index >= 15 is 0 Å². The minimum atomic E-state index is -4.21. The molecular weight excluding hydrogens is 562 g/mol. The number of nitrogens with zero attached hydrogens (tertiary/aromatic N) is 2. The third-order valence-corrected chi connectivity index (χ3v) is 8.59. The molecule has 0 saturated heterocycles. The van der Waals surface area contributed by atoms with Crippen LogP contribution >= 0.6 is 11.6 Å². The lowest BCUT2D eigenvalue weighted by Crippen LogP contribution is -2.52. The molecule has 1 unspecified atom stereocenters. The number of halogens is 1. The molecule has 0 fully saturated rings. The number of sulfonamides is 1. The van der Waals surface area contributed by atoms with Crippen molar-refractivity contribution in [2.24, 2.45) is 5.92 Å². The van der Waals surface area contributed by atoms with Crippen LogP contribution in [0.4, 0.5) is 5.69 Å². The topological polar surface area (TPSA) is 96.0 Å². The standard InChI is InChI=1S/C31H38ClN3O5S/c1-6-29(31(37)33-19-22(2)3)34(20-24-12-10-23(4)11-13-24)30(36)21-35(26-9-7-8-25(32)18-26)41(38,39)28-16-14-27(40-5)15-17-28/h7-18,22,29H,6,19-21H2,1-5H3,(H,33,37). The maximum atomic E-state index is 14.1. The maximum Gasteiger partial charge on any atom is 0.264 e. The summed E-state index contributed by atoms with van der Waals surface area (Å²) in [5.41, 5.74) is 2.12. The average Bonchev–Trinajstić information content (AvgIpc) is 2.95. The van der Waals surface area contributed by atoms with Gasteiger partial charge in [0, 0.05) is 18.1 Å². The number of hydrogen-bond donors (Lipinski definition) is 1. The Hall–Kier alpha value is -3.56. The summed E-state index contributed by atoms with van der Waals surface area (Å²) >= 11 is 6.23. The number of nitrogens with one attached hydrogen (secondary N) is 1. The van der Waals surface area contributed by atoms with Gasteiger partial charge in [-0.05, 0) is 67.3 Å². The van der Waals surface area contributed by atoms with Gasteiger partial charge in [0.15, 0.2) is 0 Å². The van der Waals surface area contributed by atoms with E-state index in [1.54, 1.807) is 30.3 Å². The summed E-state index contributed by atoms with van der Waals surface area (Å²) in [5, 5.41) is 3.25. The number of benzene rings is 3. The molecule has 0 radical (unpaired) electrons. The first-order valence-corrected chi connectivity index (χ1v) is 15.3. The van der Waals surface area contributed by atoms with E-state index in [2.05, 4.69) is 5.32 Å². The summed E-state index contributed by atoms with van der Waals surface area (Å²) in [4.78, 5) is 28.8. The number of methoxy groups -OCH3 is 1. The second kappa shape index (κ2) is 14.4. The zero-order chi connectivity index (χ0) is 30.2. The molecule has 0 aliphatic carbocycles. The Bertz CT molecular complexity index is 1430. The summed E-state index contributed by atoms with van der Waals surface area (Å²) in [6.45, 7) is 7.84. The lowest BCUT2D eigenvalue weighted by Gasteiger charge is -2.33. The molecule has 0 spiro atoms. The molecule has 0 saturated carbocycles. The molecule has 1 atom stereocenters. The van der Waals surface area contributed by atoms with Gasteiger partial charge in [-0.1, -0.05) is 68.3 Å². The van der Waals surface area contributed by atoms with Gasteiger partial charge in [0.2, 0.25) is 11.8 Å². The van der Waals surface area contributed by atoms with Crippen molar-refractivity contribution >= 4 is 39.1 Å². The first kappa shape index (κ1) is 32.0. The molecule has 0 bridgehead atoms. The largest absolute Gasteiger partial charge is 0.497 e. The third kappa shape index (κ3) is 8.47. The molecule has 3 aromatic rings. The minimum Gasteiger partial charge on any atom is -0.497 e. The van der Waals surface area contributed by atoms with Gasteiger partial charge in [0.25, 0.3) is 10.0 Å². The fourth-order valence-corrected chi connectivity index (χ4v) is 5.86. The lowest BCUT2D eigenvalue weighted by molar-refractivity contribution is -0.140. The van der Waals surface area contributed by atoms with Crippen LogP contribution in [0, 0.1) is 12.8 Å². The highest BCUT2D eigenvalue weighted by Crippen LogP contribution is 2.28. The number of amides is 2. The van der Waals surface area contributed by atoms with E-state index in [1.807, 2.05) is 52.0 Å². The van der Waals surface area contributed by atoms with E-state index in [0.29, 0.717) is 23.7 Å². The molecule has 0 heterocycles. The third-order valence-electron chi connectivity index (χ3n) is 6.57. The molecule has 220 valence electrons. The SMILES string of the molecule is CCC(C(=O)NCC(C)C)N(Cc1ccc(C)cc1)C(=O)CN(c1cccc(Cl)c1)S(=O)(=O)c1ccc(OC)cc1. The van der Waals surface area contributed by atoms with Crippen LogP contribution in [-0.4, -0.2) is 51.4 Å². The highest BCUT2D eigenvalue weighted by atomic mass is 35.5. The van der Waals surface area contributed by atoms with Gasteiger partial charge in [-0.3, -0.25) is 13.9 Å². The summed E-state index contributed by atoms with van der Waals surface area (Å²) in [6.07, 6.45) is 0.351. The van der Waals surface area contributed by atoms with Crippen molar-refractivity contribution in [3.05, 3.63) is 88.9 Å². The van der Waals surface area contributed by atoms with E-state index in [9.17, 15) is 18.0 Å². The molecule has 0 aromatic heterocycles. The van der Waals surface area contributed by atoms with Gasteiger partial charge in [-0.15, -0.1) is 0 Å². The van der Waals surface area contributed by atoms with Crippen molar-refractivity contribution in [2.75, 3.05) is 24.5 Å². The van der Waals surface area contributed by atoms with Crippen LogP contribution in [0.5, 0.6) is 5.75 Å². The second-order valence-corrected chi connectivity index (χ2v) is 12.5. The van der Waals surface area contributed by atoms with Crippen molar-refractivity contribution in [2.45, 2.75) is 51.6 Å². The van der Waals surface area contributed by atoms with Crippen molar-refractivity contribution in [1.29, 1.82) is 0 Å². The number of carbonyl (C=O) groups excluding carboxylic acids is 2. The van der Waals surface area contributed by atoms with E-state index in [0.717, 1.165) is 15.4 Å². The highest BCUT2D eigenvalue weighted by molar-refractivity contribution is 7.92. The van der Waals surface area contributed by atoms with Gasteiger partial charge in [-0.25, -0.2) is 8.42 Å². The maximum absolute atomic E-state index is 14.1. The van der Waals surface area contributed by atoms with E-state index in [-0.39, 0.29) is 29.0 Å². The van der Waals surface area contributed by atoms with Crippen LogP contribution in [0.3, 0.4) is 0 Å². The van der Waals surface area contributed by atoms with Crippen LogP contribution < -0.4 is 14.4 Å². The van der Waals surface area contributed by atoms with Crippen LogP contribution in [0.2, 0.25) is 5.02 Å². The van der Waals surface area contributed by atoms with Crippen LogP contribution in [-0.2, 0) is 26.2 Å². The summed E-state index contributed by atoms with van der Waals surface area (Å²) in [7, 11) is -2.72. The molecule has 2 amide bonds. The van der Waals surface area contributed by atoms with Crippen molar-refractivity contribution in [3.8, 4) is 5.75 Å². The Morgan fingerprint density at radius 1 is 1.00 bits per heavy atom. The Balaban J connectivity index is 2.04. The van der Waals surface area contributed by atoms with Crippen LogP contribution in [0.25, 0.3) is 0 Å². The average molecular weight is 600 g/mol. The minimum absolute atomic E-state index is 0.0159. The predicted molar refractivity (Wildman–Crippen MR) is 163 cm³/mol. The molecule has 10 heteroatoms. The lowest BCUT2D eigenvalue weighted by atomic mass is 10.1.